The standard InChI is InChI=1S/C15H14BrCl2NO2/c1-20-14-7-15(21-2)13(6-12(14)18)19-8-9-3-4-10(17)5-11(9)16/h3-7,19H,8H2,1-2H3. The van der Waals surface area contributed by atoms with Gasteiger partial charge in [0.15, 0.2) is 0 Å². The lowest BCUT2D eigenvalue weighted by molar-refractivity contribution is 0.395. The zero-order chi connectivity index (χ0) is 15.4. The van der Waals surface area contributed by atoms with Crippen LogP contribution in [0.5, 0.6) is 11.5 Å². The average molecular weight is 391 g/mol. The number of hydrogen-bond acceptors (Lipinski definition) is 3. The van der Waals surface area contributed by atoms with Gasteiger partial charge in [0.05, 0.1) is 24.9 Å². The molecule has 0 saturated heterocycles. The van der Waals surface area contributed by atoms with E-state index in [0.29, 0.717) is 28.1 Å². The predicted octanol–water partition coefficient (Wildman–Crippen LogP) is 5.39. The second-order valence-electron chi connectivity index (χ2n) is 4.28. The van der Waals surface area contributed by atoms with Crippen LogP contribution in [0, 0.1) is 0 Å². The van der Waals surface area contributed by atoms with Gasteiger partial charge in [-0.15, -0.1) is 0 Å². The van der Waals surface area contributed by atoms with Crippen molar-refractivity contribution in [3.8, 4) is 11.5 Å². The molecule has 2 aromatic rings. The number of hydrogen-bond donors (Lipinski definition) is 1. The fourth-order valence-corrected chi connectivity index (χ4v) is 2.92. The number of anilines is 1. The van der Waals surface area contributed by atoms with Crippen LogP contribution in [0.2, 0.25) is 10.0 Å². The molecular formula is C15H14BrCl2NO2. The van der Waals surface area contributed by atoms with Gasteiger partial charge < -0.3 is 14.8 Å². The lowest BCUT2D eigenvalue weighted by Crippen LogP contribution is -2.02. The molecule has 0 fully saturated rings. The third kappa shape index (κ3) is 3.96. The Hall–Kier alpha value is -1.10. The molecule has 1 N–H and O–H groups in total. The maximum atomic E-state index is 6.15. The van der Waals surface area contributed by atoms with Gasteiger partial charge in [-0.05, 0) is 23.8 Å². The highest BCUT2D eigenvalue weighted by molar-refractivity contribution is 9.10. The first kappa shape index (κ1) is 16.3. The molecule has 0 spiro atoms. The molecule has 2 rings (SSSR count). The lowest BCUT2D eigenvalue weighted by Gasteiger charge is -2.14. The number of ether oxygens (including phenoxy) is 2. The van der Waals surface area contributed by atoms with Crippen molar-refractivity contribution in [3.63, 3.8) is 0 Å². The highest BCUT2D eigenvalue weighted by atomic mass is 79.9. The summed E-state index contributed by atoms with van der Waals surface area (Å²) < 4.78 is 11.5. The topological polar surface area (TPSA) is 30.5 Å². The van der Waals surface area contributed by atoms with E-state index in [1.54, 1.807) is 26.4 Å². The van der Waals surface area contributed by atoms with Gasteiger partial charge in [0.25, 0.3) is 0 Å². The fourth-order valence-electron chi connectivity index (χ4n) is 1.85. The summed E-state index contributed by atoms with van der Waals surface area (Å²) >= 11 is 15.6. The second kappa shape index (κ2) is 7.25. The summed E-state index contributed by atoms with van der Waals surface area (Å²) in [5.41, 5.74) is 1.87. The highest BCUT2D eigenvalue weighted by Gasteiger charge is 2.10. The van der Waals surface area contributed by atoms with Crippen molar-refractivity contribution >= 4 is 44.8 Å². The molecule has 0 amide bonds. The molecular weight excluding hydrogens is 377 g/mol. The maximum absolute atomic E-state index is 6.15. The van der Waals surface area contributed by atoms with E-state index in [2.05, 4.69) is 21.2 Å². The van der Waals surface area contributed by atoms with Crippen LogP contribution < -0.4 is 14.8 Å². The maximum Gasteiger partial charge on any atom is 0.145 e. The molecule has 0 saturated carbocycles. The van der Waals surface area contributed by atoms with Crippen molar-refractivity contribution in [2.24, 2.45) is 0 Å². The molecule has 0 aliphatic heterocycles. The first-order valence-electron chi connectivity index (χ1n) is 6.14. The van der Waals surface area contributed by atoms with E-state index in [9.17, 15) is 0 Å². The van der Waals surface area contributed by atoms with Crippen LogP contribution in [-0.4, -0.2) is 14.2 Å². The third-order valence-corrected chi connectivity index (χ3v) is 4.23. The summed E-state index contributed by atoms with van der Waals surface area (Å²) in [5.74, 6) is 1.24. The van der Waals surface area contributed by atoms with Gasteiger partial charge in [-0.2, -0.15) is 0 Å². The first-order valence-corrected chi connectivity index (χ1v) is 7.69. The number of benzene rings is 2. The van der Waals surface area contributed by atoms with Crippen molar-refractivity contribution in [2.45, 2.75) is 6.54 Å². The molecule has 0 aliphatic rings. The van der Waals surface area contributed by atoms with E-state index in [-0.39, 0.29) is 0 Å². The summed E-state index contributed by atoms with van der Waals surface area (Å²) in [4.78, 5) is 0. The van der Waals surface area contributed by atoms with Gasteiger partial charge in [0, 0.05) is 22.1 Å². The minimum atomic E-state index is 0.524. The quantitative estimate of drug-likeness (QED) is 0.742. The van der Waals surface area contributed by atoms with Crippen LogP contribution in [0.3, 0.4) is 0 Å². The molecule has 2 aromatic carbocycles. The van der Waals surface area contributed by atoms with E-state index in [1.807, 2.05) is 18.2 Å². The Bertz CT molecular complexity index is 650. The lowest BCUT2D eigenvalue weighted by atomic mass is 10.2. The Labute approximate surface area is 142 Å². The number of methoxy groups -OCH3 is 2. The van der Waals surface area contributed by atoms with Crippen molar-refractivity contribution < 1.29 is 9.47 Å². The Morgan fingerprint density at radius 2 is 1.76 bits per heavy atom. The second-order valence-corrected chi connectivity index (χ2v) is 5.97. The molecule has 0 bridgehead atoms. The number of nitrogens with one attached hydrogen (secondary N) is 1. The van der Waals surface area contributed by atoms with Crippen molar-refractivity contribution in [3.05, 3.63) is 50.4 Å². The van der Waals surface area contributed by atoms with E-state index >= 15 is 0 Å². The Morgan fingerprint density at radius 1 is 1.05 bits per heavy atom. The van der Waals surface area contributed by atoms with Crippen molar-refractivity contribution in [1.29, 1.82) is 0 Å². The minimum Gasteiger partial charge on any atom is -0.495 e. The molecule has 0 radical (unpaired) electrons. The summed E-state index contributed by atoms with van der Waals surface area (Å²) in [7, 11) is 3.17. The molecule has 0 heterocycles. The van der Waals surface area contributed by atoms with Crippen LogP contribution >= 0.6 is 39.1 Å². The first-order chi connectivity index (χ1) is 10.0. The van der Waals surface area contributed by atoms with Gasteiger partial charge in [-0.1, -0.05) is 45.2 Å². The molecule has 3 nitrogen and oxygen atoms in total. The van der Waals surface area contributed by atoms with Crippen LogP contribution in [0.15, 0.2) is 34.8 Å². The summed E-state index contributed by atoms with van der Waals surface area (Å²) in [6.07, 6.45) is 0. The summed E-state index contributed by atoms with van der Waals surface area (Å²) in [6.45, 7) is 0.608. The van der Waals surface area contributed by atoms with Crippen molar-refractivity contribution in [2.75, 3.05) is 19.5 Å². The molecule has 21 heavy (non-hydrogen) atoms. The van der Waals surface area contributed by atoms with Gasteiger partial charge in [-0.3, -0.25) is 0 Å². The molecule has 0 aliphatic carbocycles. The number of halogens is 3. The van der Waals surface area contributed by atoms with Gasteiger partial charge in [0.1, 0.15) is 11.5 Å². The molecule has 0 unspecified atom stereocenters. The highest BCUT2D eigenvalue weighted by Crippen LogP contribution is 2.36. The largest absolute Gasteiger partial charge is 0.495 e. The molecule has 0 atom stereocenters. The van der Waals surface area contributed by atoms with Crippen molar-refractivity contribution in [1.82, 2.24) is 0 Å². The molecule has 112 valence electrons. The SMILES string of the molecule is COc1cc(OC)c(NCc2ccc(Cl)cc2Br)cc1Cl. The van der Waals surface area contributed by atoms with E-state index in [1.165, 1.54) is 0 Å². The molecule has 0 aromatic heterocycles. The van der Waals surface area contributed by atoms with E-state index in [0.717, 1.165) is 15.7 Å². The van der Waals surface area contributed by atoms with Gasteiger partial charge >= 0.3 is 0 Å². The van der Waals surface area contributed by atoms with Crippen LogP contribution in [0.25, 0.3) is 0 Å². The van der Waals surface area contributed by atoms with E-state index < -0.39 is 0 Å². The Morgan fingerprint density at radius 3 is 2.38 bits per heavy atom. The van der Waals surface area contributed by atoms with Crippen LogP contribution in [0.1, 0.15) is 5.56 Å². The summed E-state index contributed by atoms with van der Waals surface area (Å²) in [5, 5.41) is 4.51. The minimum absolute atomic E-state index is 0.524. The average Bonchev–Trinajstić information content (AvgIpc) is 2.46. The normalized spacial score (nSPS) is 10.3. The fraction of sp³-hybridized carbons (Fsp3) is 0.200. The monoisotopic (exact) mass is 389 g/mol. The Balaban J connectivity index is 2.21. The van der Waals surface area contributed by atoms with Crippen LogP contribution in [0.4, 0.5) is 5.69 Å². The van der Waals surface area contributed by atoms with Gasteiger partial charge in [0.2, 0.25) is 0 Å². The zero-order valence-corrected chi connectivity index (χ0v) is 14.6. The summed E-state index contributed by atoms with van der Waals surface area (Å²) in [6, 6.07) is 9.19. The Kier molecular flexibility index (Phi) is 5.62. The molecule has 6 heteroatoms. The third-order valence-electron chi connectivity index (χ3n) is 2.96. The zero-order valence-electron chi connectivity index (χ0n) is 11.5. The van der Waals surface area contributed by atoms with Crippen LogP contribution in [-0.2, 0) is 6.54 Å². The van der Waals surface area contributed by atoms with E-state index in [4.69, 9.17) is 32.7 Å². The number of rotatable bonds is 5. The smallest absolute Gasteiger partial charge is 0.145 e. The predicted molar refractivity (Wildman–Crippen MR) is 91.0 cm³/mol. The van der Waals surface area contributed by atoms with Gasteiger partial charge in [-0.25, -0.2) is 0 Å².